The van der Waals surface area contributed by atoms with Crippen molar-refractivity contribution in [2.75, 3.05) is 25.1 Å². The van der Waals surface area contributed by atoms with E-state index in [9.17, 15) is 9.59 Å². The summed E-state index contributed by atoms with van der Waals surface area (Å²) >= 11 is 0. The Bertz CT molecular complexity index is 772. The van der Waals surface area contributed by atoms with E-state index in [1.807, 2.05) is 24.3 Å². The first-order valence-corrected chi connectivity index (χ1v) is 8.42. The molecule has 1 atom stereocenters. The molecule has 1 saturated heterocycles. The Morgan fingerprint density at radius 1 is 1.35 bits per heavy atom. The van der Waals surface area contributed by atoms with Gasteiger partial charge in [-0.15, -0.1) is 0 Å². The van der Waals surface area contributed by atoms with E-state index in [2.05, 4.69) is 10.4 Å². The molecule has 1 unspecified atom stereocenters. The van der Waals surface area contributed by atoms with E-state index in [1.165, 1.54) is 4.90 Å². The van der Waals surface area contributed by atoms with Crippen LogP contribution in [0.15, 0.2) is 36.5 Å². The van der Waals surface area contributed by atoms with Gasteiger partial charge in [-0.1, -0.05) is 12.1 Å². The highest BCUT2D eigenvalue weighted by Gasteiger charge is 2.33. The minimum Gasteiger partial charge on any atom is -0.497 e. The molecular weight excluding hydrogens is 336 g/mol. The molecule has 0 bridgehead atoms. The zero-order valence-corrected chi connectivity index (χ0v) is 14.8. The third kappa shape index (κ3) is 4.14. The summed E-state index contributed by atoms with van der Waals surface area (Å²) in [6.45, 7) is 0.679. The number of ether oxygens (including phenoxy) is 2. The summed E-state index contributed by atoms with van der Waals surface area (Å²) in [6.07, 6.45) is 1.84. The molecule has 1 fully saturated rings. The monoisotopic (exact) mass is 358 g/mol. The number of aromatic nitrogens is 2. The van der Waals surface area contributed by atoms with Crippen molar-refractivity contribution >= 4 is 17.8 Å². The molecule has 1 N–H and O–H groups in total. The summed E-state index contributed by atoms with van der Waals surface area (Å²) in [6, 6.07) is 9.38. The number of anilines is 1. The highest BCUT2D eigenvalue weighted by atomic mass is 16.6. The summed E-state index contributed by atoms with van der Waals surface area (Å²) in [5.41, 5.74) is 1.07. The SMILES string of the molecule is COc1ccc(CCC(=O)NCC2CN(c3ccnn3C)C(=O)O2)cc1. The van der Waals surface area contributed by atoms with Crippen molar-refractivity contribution in [3.63, 3.8) is 0 Å². The van der Waals surface area contributed by atoms with Crippen LogP contribution in [0, 0.1) is 0 Å². The Balaban J connectivity index is 1.43. The molecular formula is C18H22N4O4. The highest BCUT2D eigenvalue weighted by Crippen LogP contribution is 2.20. The minimum absolute atomic E-state index is 0.0733. The second kappa shape index (κ2) is 7.90. The van der Waals surface area contributed by atoms with Crippen molar-refractivity contribution < 1.29 is 19.1 Å². The molecule has 1 aliphatic heterocycles. The molecule has 2 amide bonds. The van der Waals surface area contributed by atoms with Gasteiger partial charge in [0, 0.05) is 19.5 Å². The first kappa shape index (κ1) is 17.8. The van der Waals surface area contributed by atoms with Crippen LogP contribution in [0.1, 0.15) is 12.0 Å². The molecule has 2 aromatic rings. The van der Waals surface area contributed by atoms with Crippen LogP contribution < -0.4 is 15.0 Å². The Kier molecular flexibility index (Phi) is 5.40. The van der Waals surface area contributed by atoms with Crippen molar-refractivity contribution in [1.29, 1.82) is 0 Å². The average molecular weight is 358 g/mol. The lowest BCUT2D eigenvalue weighted by Crippen LogP contribution is -2.35. The Morgan fingerprint density at radius 3 is 2.77 bits per heavy atom. The minimum atomic E-state index is -0.425. The summed E-state index contributed by atoms with van der Waals surface area (Å²) in [5, 5.41) is 6.88. The highest BCUT2D eigenvalue weighted by molar-refractivity contribution is 5.88. The Hall–Kier alpha value is -3.03. The molecule has 8 heteroatoms. The lowest BCUT2D eigenvalue weighted by molar-refractivity contribution is -0.121. The zero-order chi connectivity index (χ0) is 18.5. The molecule has 0 spiro atoms. The third-order valence-corrected chi connectivity index (χ3v) is 4.27. The Morgan fingerprint density at radius 2 is 2.12 bits per heavy atom. The van der Waals surface area contributed by atoms with Crippen LogP contribution in [-0.2, 0) is 23.0 Å². The normalized spacial score (nSPS) is 16.5. The number of nitrogens with one attached hydrogen (secondary N) is 1. The molecule has 138 valence electrons. The fourth-order valence-corrected chi connectivity index (χ4v) is 2.81. The number of benzene rings is 1. The van der Waals surface area contributed by atoms with E-state index in [1.54, 1.807) is 31.1 Å². The number of carbonyl (C=O) groups is 2. The van der Waals surface area contributed by atoms with Gasteiger partial charge in [0.1, 0.15) is 17.7 Å². The van der Waals surface area contributed by atoms with Crippen molar-refractivity contribution in [3.8, 4) is 5.75 Å². The second-order valence-electron chi connectivity index (χ2n) is 6.08. The van der Waals surface area contributed by atoms with Gasteiger partial charge in [0.15, 0.2) is 0 Å². The van der Waals surface area contributed by atoms with E-state index in [-0.39, 0.29) is 12.0 Å². The number of amides is 2. The topological polar surface area (TPSA) is 85.7 Å². The molecule has 2 heterocycles. The van der Waals surface area contributed by atoms with Gasteiger partial charge in [-0.2, -0.15) is 5.10 Å². The maximum Gasteiger partial charge on any atom is 0.416 e. The molecule has 0 saturated carbocycles. The molecule has 0 aliphatic carbocycles. The molecule has 3 rings (SSSR count). The predicted molar refractivity (Wildman–Crippen MR) is 95.1 cm³/mol. The van der Waals surface area contributed by atoms with Gasteiger partial charge in [0.25, 0.3) is 0 Å². The maximum absolute atomic E-state index is 12.0. The number of cyclic esters (lactones) is 1. The van der Waals surface area contributed by atoms with Crippen LogP contribution >= 0.6 is 0 Å². The van der Waals surface area contributed by atoms with Gasteiger partial charge >= 0.3 is 6.09 Å². The maximum atomic E-state index is 12.0. The van der Waals surface area contributed by atoms with Gasteiger partial charge < -0.3 is 14.8 Å². The van der Waals surface area contributed by atoms with Gasteiger partial charge in [0.05, 0.1) is 26.4 Å². The van der Waals surface area contributed by atoms with Crippen LogP contribution in [-0.4, -0.2) is 48.1 Å². The quantitative estimate of drug-likeness (QED) is 0.811. The number of carbonyl (C=O) groups excluding carboxylic acids is 2. The smallest absolute Gasteiger partial charge is 0.416 e. The van der Waals surface area contributed by atoms with Crippen molar-refractivity contribution in [2.24, 2.45) is 7.05 Å². The van der Waals surface area contributed by atoms with Crippen LogP contribution in [0.4, 0.5) is 10.6 Å². The lowest BCUT2D eigenvalue weighted by atomic mass is 10.1. The number of methoxy groups -OCH3 is 1. The summed E-state index contributed by atoms with van der Waals surface area (Å²) < 4.78 is 12.0. The molecule has 1 aromatic carbocycles. The number of hydrogen-bond donors (Lipinski definition) is 1. The largest absolute Gasteiger partial charge is 0.497 e. The van der Waals surface area contributed by atoms with E-state index in [4.69, 9.17) is 9.47 Å². The van der Waals surface area contributed by atoms with Crippen LogP contribution in [0.25, 0.3) is 0 Å². The van der Waals surface area contributed by atoms with E-state index < -0.39 is 6.09 Å². The van der Waals surface area contributed by atoms with Crippen LogP contribution in [0.3, 0.4) is 0 Å². The Labute approximate surface area is 151 Å². The molecule has 1 aromatic heterocycles. The van der Waals surface area contributed by atoms with E-state index >= 15 is 0 Å². The zero-order valence-electron chi connectivity index (χ0n) is 14.8. The molecule has 0 radical (unpaired) electrons. The number of aryl methyl sites for hydroxylation is 2. The van der Waals surface area contributed by atoms with Gasteiger partial charge in [-0.05, 0) is 24.1 Å². The lowest BCUT2D eigenvalue weighted by Gasteiger charge is -2.12. The van der Waals surface area contributed by atoms with Gasteiger partial charge in [0.2, 0.25) is 5.91 Å². The van der Waals surface area contributed by atoms with Gasteiger partial charge in [-0.3, -0.25) is 14.4 Å². The van der Waals surface area contributed by atoms with Crippen LogP contribution in [0.2, 0.25) is 0 Å². The van der Waals surface area contributed by atoms with E-state index in [0.29, 0.717) is 31.7 Å². The van der Waals surface area contributed by atoms with Crippen molar-refractivity contribution in [3.05, 3.63) is 42.1 Å². The standard InChI is InChI=1S/C18H22N4O4/c1-21-17(9-10-20-21)22-12-15(26-18(22)24)11-19-16(23)8-5-13-3-6-14(25-2)7-4-13/h3-4,6-7,9-10,15H,5,8,11-12H2,1-2H3,(H,19,23). The fourth-order valence-electron chi connectivity index (χ4n) is 2.81. The van der Waals surface area contributed by atoms with E-state index in [0.717, 1.165) is 11.3 Å². The van der Waals surface area contributed by atoms with Gasteiger partial charge in [-0.25, -0.2) is 4.79 Å². The number of rotatable bonds is 7. The number of hydrogen-bond acceptors (Lipinski definition) is 5. The second-order valence-corrected chi connectivity index (χ2v) is 6.08. The van der Waals surface area contributed by atoms with Crippen molar-refractivity contribution in [2.45, 2.75) is 18.9 Å². The first-order valence-electron chi connectivity index (χ1n) is 8.42. The third-order valence-electron chi connectivity index (χ3n) is 4.27. The van der Waals surface area contributed by atoms with Crippen molar-refractivity contribution in [1.82, 2.24) is 15.1 Å². The predicted octanol–water partition coefficient (Wildman–Crippen LogP) is 1.50. The summed E-state index contributed by atoms with van der Waals surface area (Å²) in [7, 11) is 3.38. The molecule has 1 aliphatic rings. The first-order chi connectivity index (χ1) is 12.6. The fraction of sp³-hybridized carbons (Fsp3) is 0.389. The molecule has 8 nitrogen and oxygen atoms in total. The number of nitrogens with zero attached hydrogens (tertiary/aromatic N) is 3. The molecule has 26 heavy (non-hydrogen) atoms. The summed E-state index contributed by atoms with van der Waals surface area (Å²) in [5.74, 6) is 1.39. The van der Waals surface area contributed by atoms with Crippen LogP contribution in [0.5, 0.6) is 5.75 Å². The average Bonchev–Trinajstić information content (AvgIpc) is 3.23. The summed E-state index contributed by atoms with van der Waals surface area (Å²) in [4.78, 5) is 25.5.